The number of benzene rings is 1. The first kappa shape index (κ1) is 19.7. The van der Waals surface area contributed by atoms with Crippen LogP contribution >= 0.6 is 0 Å². The Labute approximate surface area is 181 Å². The molecule has 1 saturated heterocycles. The molecule has 0 radical (unpaired) electrons. The van der Waals surface area contributed by atoms with Gasteiger partial charge in [0.05, 0.1) is 17.1 Å². The van der Waals surface area contributed by atoms with E-state index in [0.29, 0.717) is 24.7 Å². The van der Waals surface area contributed by atoms with E-state index in [1.54, 1.807) is 0 Å². The molecule has 160 valence electrons. The van der Waals surface area contributed by atoms with Gasteiger partial charge in [0, 0.05) is 32.1 Å². The van der Waals surface area contributed by atoms with Crippen molar-refractivity contribution in [3.05, 3.63) is 59.0 Å². The van der Waals surface area contributed by atoms with E-state index in [1.165, 1.54) is 5.56 Å². The Bertz CT molecular complexity index is 1070. The van der Waals surface area contributed by atoms with Gasteiger partial charge in [0.25, 0.3) is 5.91 Å². The van der Waals surface area contributed by atoms with Gasteiger partial charge in [-0.25, -0.2) is 4.68 Å². The van der Waals surface area contributed by atoms with E-state index in [9.17, 15) is 4.79 Å². The second-order valence-electron chi connectivity index (χ2n) is 8.51. The third-order valence-electron chi connectivity index (χ3n) is 6.04. The predicted octanol–water partition coefficient (Wildman–Crippen LogP) is 2.90. The molecule has 8 nitrogen and oxygen atoms in total. The fourth-order valence-corrected chi connectivity index (χ4v) is 4.10. The maximum Gasteiger partial charge on any atom is 0.276 e. The number of amides is 1. The zero-order valence-electron chi connectivity index (χ0n) is 18.0. The van der Waals surface area contributed by atoms with Crippen molar-refractivity contribution in [2.24, 2.45) is 0 Å². The third-order valence-corrected chi connectivity index (χ3v) is 6.04. The van der Waals surface area contributed by atoms with Crippen molar-refractivity contribution in [1.82, 2.24) is 30.1 Å². The Hall–Kier alpha value is -3.29. The topological polar surface area (TPSA) is 80.0 Å². The minimum Gasteiger partial charge on any atom is -0.353 e. The first-order valence-corrected chi connectivity index (χ1v) is 11.0. The van der Waals surface area contributed by atoms with Crippen LogP contribution in [0.2, 0.25) is 0 Å². The van der Waals surface area contributed by atoms with Gasteiger partial charge in [0.2, 0.25) is 0 Å². The molecule has 0 bridgehead atoms. The van der Waals surface area contributed by atoms with Crippen molar-refractivity contribution in [2.75, 3.05) is 31.1 Å². The van der Waals surface area contributed by atoms with Gasteiger partial charge in [0.15, 0.2) is 11.5 Å². The molecule has 8 heteroatoms. The summed E-state index contributed by atoms with van der Waals surface area (Å²) in [5.74, 6) is 1.21. The van der Waals surface area contributed by atoms with Crippen LogP contribution in [0.15, 0.2) is 36.4 Å². The molecule has 1 aliphatic carbocycles. The molecule has 1 aliphatic heterocycles. The molecule has 0 atom stereocenters. The summed E-state index contributed by atoms with van der Waals surface area (Å²) in [6.45, 7) is 6.92. The maximum absolute atomic E-state index is 13.5. The zero-order chi connectivity index (χ0) is 21.4. The molecular formula is C23H27N7O. The zero-order valence-corrected chi connectivity index (χ0v) is 18.0. The quantitative estimate of drug-likeness (QED) is 0.649. The summed E-state index contributed by atoms with van der Waals surface area (Å²) in [7, 11) is 0. The smallest absolute Gasteiger partial charge is 0.276 e. The summed E-state index contributed by atoms with van der Waals surface area (Å²) in [6.07, 6.45) is 3.05. The van der Waals surface area contributed by atoms with Gasteiger partial charge in [-0.2, -0.15) is 5.10 Å². The van der Waals surface area contributed by atoms with Gasteiger partial charge in [-0.1, -0.05) is 22.9 Å². The Morgan fingerprint density at radius 1 is 0.903 bits per heavy atom. The van der Waals surface area contributed by atoms with Crippen molar-refractivity contribution in [3.63, 3.8) is 0 Å². The van der Waals surface area contributed by atoms with Gasteiger partial charge >= 0.3 is 0 Å². The second-order valence-corrected chi connectivity index (χ2v) is 8.51. The SMILES string of the molecule is Cc1ccc(-n2nnc(C(=O)N3CCCN(c4ccc(C)nn4)CC3)c2C2CC2)cc1. The molecule has 0 N–H and O–H groups in total. The van der Waals surface area contributed by atoms with Crippen molar-refractivity contribution in [2.45, 2.75) is 39.0 Å². The van der Waals surface area contributed by atoms with Crippen LogP contribution in [0.1, 0.15) is 52.6 Å². The highest BCUT2D eigenvalue weighted by atomic mass is 16.2. The number of carbonyl (C=O) groups is 1. The van der Waals surface area contributed by atoms with Gasteiger partial charge in [-0.05, 0) is 57.4 Å². The number of hydrogen-bond donors (Lipinski definition) is 0. The Morgan fingerprint density at radius 3 is 2.42 bits per heavy atom. The fourth-order valence-electron chi connectivity index (χ4n) is 4.10. The third kappa shape index (κ3) is 4.02. The predicted molar refractivity (Wildman–Crippen MR) is 118 cm³/mol. The monoisotopic (exact) mass is 417 g/mol. The number of aromatic nitrogens is 5. The van der Waals surface area contributed by atoms with Crippen LogP contribution in [0.25, 0.3) is 5.69 Å². The van der Waals surface area contributed by atoms with Crippen LogP contribution in [0, 0.1) is 13.8 Å². The first-order valence-electron chi connectivity index (χ1n) is 11.0. The Balaban J connectivity index is 1.36. The molecule has 1 aromatic carbocycles. The average Bonchev–Trinajstić information content (AvgIpc) is 3.57. The van der Waals surface area contributed by atoms with E-state index in [0.717, 1.165) is 55.2 Å². The van der Waals surface area contributed by atoms with Crippen LogP contribution < -0.4 is 4.90 Å². The molecule has 5 rings (SSSR count). The molecule has 1 saturated carbocycles. The molecule has 0 unspecified atom stereocenters. The summed E-state index contributed by atoms with van der Waals surface area (Å²) in [4.78, 5) is 17.6. The minimum absolute atomic E-state index is 0.0166. The number of nitrogens with zero attached hydrogens (tertiary/aromatic N) is 7. The van der Waals surface area contributed by atoms with Gasteiger partial charge < -0.3 is 9.80 Å². The molecule has 2 aliphatic rings. The lowest BCUT2D eigenvalue weighted by Crippen LogP contribution is -2.36. The number of rotatable bonds is 4. The Morgan fingerprint density at radius 2 is 1.71 bits per heavy atom. The van der Waals surface area contributed by atoms with E-state index < -0.39 is 0 Å². The second kappa shape index (κ2) is 8.09. The largest absolute Gasteiger partial charge is 0.353 e. The van der Waals surface area contributed by atoms with Crippen LogP contribution in [-0.4, -0.2) is 62.2 Å². The fraction of sp³-hybridized carbons (Fsp3) is 0.435. The average molecular weight is 418 g/mol. The van der Waals surface area contributed by atoms with Gasteiger partial charge in [-0.15, -0.1) is 10.2 Å². The van der Waals surface area contributed by atoms with Crippen molar-refractivity contribution in [3.8, 4) is 5.69 Å². The minimum atomic E-state index is -0.0166. The van der Waals surface area contributed by atoms with E-state index in [1.807, 2.05) is 40.8 Å². The lowest BCUT2D eigenvalue weighted by molar-refractivity contribution is 0.0760. The number of aryl methyl sites for hydroxylation is 2. The van der Waals surface area contributed by atoms with Crippen molar-refractivity contribution < 1.29 is 4.79 Å². The van der Waals surface area contributed by atoms with E-state index in [4.69, 9.17) is 0 Å². The summed E-state index contributed by atoms with van der Waals surface area (Å²) in [5, 5.41) is 17.2. The summed E-state index contributed by atoms with van der Waals surface area (Å²) in [5.41, 5.74) is 4.52. The summed E-state index contributed by atoms with van der Waals surface area (Å²) < 4.78 is 1.86. The molecule has 1 amide bonds. The van der Waals surface area contributed by atoms with Crippen molar-refractivity contribution >= 4 is 11.7 Å². The van der Waals surface area contributed by atoms with E-state index >= 15 is 0 Å². The molecule has 2 fully saturated rings. The lowest BCUT2D eigenvalue weighted by atomic mass is 10.1. The van der Waals surface area contributed by atoms with Gasteiger partial charge in [0.1, 0.15) is 0 Å². The molecular weight excluding hydrogens is 390 g/mol. The highest BCUT2D eigenvalue weighted by Crippen LogP contribution is 2.42. The maximum atomic E-state index is 13.5. The normalized spacial score (nSPS) is 17.0. The Kier molecular flexibility index (Phi) is 5.13. The number of hydrogen-bond acceptors (Lipinski definition) is 6. The summed E-state index contributed by atoms with van der Waals surface area (Å²) >= 11 is 0. The first-order chi connectivity index (χ1) is 15.1. The standard InChI is InChI=1S/C23H27N7O/c1-16-4-9-19(10-5-16)30-22(18-7-8-18)21(26-27-30)23(31)29-13-3-12-28(14-15-29)20-11-6-17(2)24-25-20/h4-6,9-11,18H,3,7-8,12-15H2,1-2H3. The van der Waals surface area contributed by atoms with Crippen LogP contribution in [0.5, 0.6) is 0 Å². The number of anilines is 1. The van der Waals surface area contributed by atoms with Gasteiger partial charge in [-0.3, -0.25) is 4.79 Å². The van der Waals surface area contributed by atoms with Crippen LogP contribution in [-0.2, 0) is 0 Å². The highest BCUT2D eigenvalue weighted by Gasteiger charge is 2.36. The lowest BCUT2D eigenvalue weighted by Gasteiger charge is -2.22. The highest BCUT2D eigenvalue weighted by molar-refractivity contribution is 5.93. The molecule has 2 aromatic heterocycles. The number of carbonyl (C=O) groups excluding carboxylic acids is 1. The molecule has 3 aromatic rings. The van der Waals surface area contributed by atoms with Crippen molar-refractivity contribution in [1.29, 1.82) is 0 Å². The molecule has 31 heavy (non-hydrogen) atoms. The molecule has 3 heterocycles. The van der Waals surface area contributed by atoms with E-state index in [-0.39, 0.29) is 5.91 Å². The van der Waals surface area contributed by atoms with E-state index in [2.05, 4.69) is 44.5 Å². The van der Waals surface area contributed by atoms with Crippen LogP contribution in [0.3, 0.4) is 0 Å². The summed E-state index contributed by atoms with van der Waals surface area (Å²) in [6, 6.07) is 12.2. The van der Waals surface area contributed by atoms with Crippen LogP contribution in [0.4, 0.5) is 5.82 Å². The molecule has 0 spiro atoms.